The Bertz CT molecular complexity index is 459. The zero-order valence-electron chi connectivity index (χ0n) is 13.8. The fraction of sp³-hybridized carbons (Fsp3) is 0.700. The van der Waals surface area contributed by atoms with Gasteiger partial charge in [-0.2, -0.15) is 0 Å². The Kier molecular flexibility index (Phi) is 4.69. The van der Waals surface area contributed by atoms with Crippen molar-refractivity contribution in [2.24, 2.45) is 5.41 Å². The third kappa shape index (κ3) is 2.90. The van der Waals surface area contributed by atoms with Gasteiger partial charge < -0.3 is 5.32 Å². The molecule has 0 saturated heterocycles. The topological polar surface area (TPSA) is 12.0 Å². The molecule has 0 amide bonds. The molecule has 0 aromatic heterocycles. The van der Waals surface area contributed by atoms with Crippen LogP contribution >= 0.6 is 0 Å². The molecular formula is C20H31N. The normalized spacial score (nSPS) is 24.4. The minimum Gasteiger partial charge on any atom is -0.313 e. The molecule has 0 heterocycles. The molecule has 2 unspecified atom stereocenters. The number of hydrogen-bond acceptors (Lipinski definition) is 1. The standard InChI is InChI=1S/C20H31N/c1-3-13-21-19(20(4-2)11-7-8-12-20)15-17-14-16-9-5-6-10-18(16)17/h5-6,9-10,17,19,21H,3-4,7-8,11-15H2,1-2H3. The minimum atomic E-state index is 0.583. The van der Waals surface area contributed by atoms with E-state index in [4.69, 9.17) is 0 Å². The van der Waals surface area contributed by atoms with Gasteiger partial charge in [-0.1, -0.05) is 51.0 Å². The summed E-state index contributed by atoms with van der Waals surface area (Å²) in [6.45, 7) is 5.89. The number of hydrogen-bond donors (Lipinski definition) is 1. The van der Waals surface area contributed by atoms with Gasteiger partial charge >= 0.3 is 0 Å². The van der Waals surface area contributed by atoms with E-state index in [1.807, 2.05) is 0 Å². The van der Waals surface area contributed by atoms with Crippen molar-refractivity contribution in [1.82, 2.24) is 5.32 Å². The monoisotopic (exact) mass is 285 g/mol. The number of benzene rings is 1. The van der Waals surface area contributed by atoms with Crippen LogP contribution in [0.4, 0.5) is 0 Å². The maximum atomic E-state index is 3.93. The summed E-state index contributed by atoms with van der Waals surface area (Å²) in [6, 6.07) is 9.79. The molecule has 0 bridgehead atoms. The van der Waals surface area contributed by atoms with Crippen molar-refractivity contribution < 1.29 is 0 Å². The molecule has 2 aliphatic rings. The van der Waals surface area contributed by atoms with Gasteiger partial charge in [-0.15, -0.1) is 0 Å². The molecule has 0 radical (unpaired) electrons. The molecule has 1 N–H and O–H groups in total. The Hall–Kier alpha value is -0.820. The van der Waals surface area contributed by atoms with Crippen LogP contribution in [-0.2, 0) is 6.42 Å². The van der Waals surface area contributed by atoms with Crippen LogP contribution in [0, 0.1) is 5.41 Å². The quantitative estimate of drug-likeness (QED) is 0.738. The molecule has 1 fully saturated rings. The van der Waals surface area contributed by atoms with Gasteiger partial charge in [-0.05, 0) is 67.5 Å². The van der Waals surface area contributed by atoms with Crippen LogP contribution in [-0.4, -0.2) is 12.6 Å². The average molecular weight is 285 g/mol. The fourth-order valence-corrected chi connectivity index (χ4v) is 4.75. The van der Waals surface area contributed by atoms with E-state index >= 15 is 0 Å². The third-order valence-electron chi connectivity index (χ3n) is 6.16. The summed E-state index contributed by atoms with van der Waals surface area (Å²) in [7, 11) is 0. The largest absolute Gasteiger partial charge is 0.313 e. The molecule has 1 saturated carbocycles. The Morgan fingerprint density at radius 3 is 2.62 bits per heavy atom. The van der Waals surface area contributed by atoms with Gasteiger partial charge in [0.2, 0.25) is 0 Å². The molecule has 1 aromatic carbocycles. The van der Waals surface area contributed by atoms with Crippen molar-refractivity contribution in [3.63, 3.8) is 0 Å². The highest BCUT2D eigenvalue weighted by Gasteiger charge is 2.41. The molecule has 21 heavy (non-hydrogen) atoms. The number of fused-ring (bicyclic) bond motifs is 1. The van der Waals surface area contributed by atoms with Crippen LogP contribution in [0.5, 0.6) is 0 Å². The predicted molar refractivity (Wildman–Crippen MR) is 90.8 cm³/mol. The van der Waals surface area contributed by atoms with E-state index in [9.17, 15) is 0 Å². The van der Waals surface area contributed by atoms with Gasteiger partial charge in [0, 0.05) is 6.04 Å². The Balaban J connectivity index is 1.71. The second-order valence-electron chi connectivity index (χ2n) is 7.27. The summed E-state index contributed by atoms with van der Waals surface area (Å²) < 4.78 is 0. The highest BCUT2D eigenvalue weighted by molar-refractivity contribution is 5.40. The van der Waals surface area contributed by atoms with Crippen LogP contribution in [0.3, 0.4) is 0 Å². The first-order valence-electron chi connectivity index (χ1n) is 9.10. The van der Waals surface area contributed by atoms with Crippen molar-refractivity contribution >= 4 is 0 Å². The summed E-state index contributed by atoms with van der Waals surface area (Å²) in [4.78, 5) is 0. The molecule has 0 spiro atoms. The molecule has 1 heteroatoms. The lowest BCUT2D eigenvalue weighted by molar-refractivity contribution is 0.166. The smallest absolute Gasteiger partial charge is 0.0129 e. The first-order chi connectivity index (χ1) is 10.3. The van der Waals surface area contributed by atoms with Crippen molar-refractivity contribution in [1.29, 1.82) is 0 Å². The lowest BCUT2D eigenvalue weighted by Gasteiger charge is -2.42. The maximum absolute atomic E-state index is 3.93. The van der Waals surface area contributed by atoms with E-state index in [1.165, 1.54) is 57.9 Å². The van der Waals surface area contributed by atoms with Gasteiger partial charge in [0.15, 0.2) is 0 Å². The zero-order valence-corrected chi connectivity index (χ0v) is 13.8. The van der Waals surface area contributed by atoms with Crippen molar-refractivity contribution in [2.45, 2.75) is 77.2 Å². The summed E-state index contributed by atoms with van der Waals surface area (Å²) in [6.07, 6.45) is 11.0. The lowest BCUT2D eigenvalue weighted by atomic mass is 9.67. The Morgan fingerprint density at radius 1 is 1.19 bits per heavy atom. The van der Waals surface area contributed by atoms with Gasteiger partial charge in [-0.3, -0.25) is 0 Å². The molecule has 1 aromatic rings. The molecule has 1 nitrogen and oxygen atoms in total. The van der Waals surface area contributed by atoms with Crippen LogP contribution < -0.4 is 5.32 Å². The van der Waals surface area contributed by atoms with Crippen LogP contribution in [0.2, 0.25) is 0 Å². The first kappa shape index (κ1) is 15.1. The number of rotatable bonds is 7. The summed E-state index contributed by atoms with van der Waals surface area (Å²) in [5.74, 6) is 0.805. The van der Waals surface area contributed by atoms with Gasteiger partial charge in [0.1, 0.15) is 0 Å². The second kappa shape index (κ2) is 6.52. The van der Waals surface area contributed by atoms with Gasteiger partial charge in [0.25, 0.3) is 0 Å². The van der Waals surface area contributed by atoms with Crippen LogP contribution in [0.25, 0.3) is 0 Å². The van der Waals surface area contributed by atoms with Crippen molar-refractivity contribution in [3.8, 4) is 0 Å². The highest BCUT2D eigenvalue weighted by Crippen LogP contribution is 2.48. The molecule has 2 aliphatic carbocycles. The van der Waals surface area contributed by atoms with Gasteiger partial charge in [-0.25, -0.2) is 0 Å². The predicted octanol–water partition coefficient (Wildman–Crippen LogP) is 5.06. The molecule has 3 rings (SSSR count). The minimum absolute atomic E-state index is 0.583. The fourth-order valence-electron chi connectivity index (χ4n) is 4.75. The number of nitrogens with one attached hydrogen (secondary N) is 1. The maximum Gasteiger partial charge on any atom is 0.0129 e. The zero-order chi connectivity index (χ0) is 14.7. The Morgan fingerprint density at radius 2 is 1.95 bits per heavy atom. The average Bonchev–Trinajstić information content (AvgIpc) is 2.98. The first-order valence-corrected chi connectivity index (χ1v) is 9.10. The van der Waals surface area contributed by atoms with Crippen LogP contribution in [0.1, 0.15) is 75.8 Å². The van der Waals surface area contributed by atoms with E-state index in [2.05, 4.69) is 43.4 Å². The molecule has 0 aliphatic heterocycles. The molecule has 2 atom stereocenters. The van der Waals surface area contributed by atoms with E-state index in [1.54, 1.807) is 11.1 Å². The summed E-state index contributed by atoms with van der Waals surface area (Å²) in [5.41, 5.74) is 3.80. The van der Waals surface area contributed by atoms with Crippen molar-refractivity contribution in [3.05, 3.63) is 35.4 Å². The molecular weight excluding hydrogens is 254 g/mol. The SMILES string of the molecule is CCCNC(CC1Cc2ccccc21)C1(CC)CCCC1. The summed E-state index contributed by atoms with van der Waals surface area (Å²) in [5, 5.41) is 3.93. The van der Waals surface area contributed by atoms with E-state index in [-0.39, 0.29) is 0 Å². The second-order valence-corrected chi connectivity index (χ2v) is 7.27. The molecule has 116 valence electrons. The van der Waals surface area contributed by atoms with Crippen molar-refractivity contribution in [2.75, 3.05) is 6.54 Å². The Labute approximate surface area is 130 Å². The van der Waals surface area contributed by atoms with E-state index < -0.39 is 0 Å². The highest BCUT2D eigenvalue weighted by atomic mass is 14.9. The van der Waals surface area contributed by atoms with Crippen LogP contribution in [0.15, 0.2) is 24.3 Å². The lowest BCUT2D eigenvalue weighted by Crippen LogP contribution is -2.45. The summed E-state index contributed by atoms with van der Waals surface area (Å²) >= 11 is 0. The van der Waals surface area contributed by atoms with Gasteiger partial charge in [0.05, 0.1) is 0 Å². The third-order valence-corrected chi connectivity index (χ3v) is 6.16. The van der Waals surface area contributed by atoms with E-state index in [0.717, 1.165) is 12.0 Å². The van der Waals surface area contributed by atoms with E-state index in [0.29, 0.717) is 5.41 Å².